The van der Waals surface area contributed by atoms with Crippen molar-refractivity contribution in [2.24, 2.45) is 0 Å². The highest BCUT2D eigenvalue weighted by atomic mass is 32.1. The number of anilines is 1. The number of carboxylic acid groups (broad SMARTS) is 1. The molecule has 0 radical (unpaired) electrons. The lowest BCUT2D eigenvalue weighted by molar-refractivity contribution is -0.136. The zero-order valence-corrected chi connectivity index (χ0v) is 12.2. The van der Waals surface area contributed by atoms with Gasteiger partial charge in [-0.15, -0.1) is 11.3 Å². The minimum atomic E-state index is -0.881. The van der Waals surface area contributed by atoms with Crippen LogP contribution in [-0.4, -0.2) is 22.1 Å². The van der Waals surface area contributed by atoms with E-state index in [2.05, 4.69) is 15.6 Å². The van der Waals surface area contributed by atoms with Gasteiger partial charge in [-0.2, -0.15) is 0 Å². The summed E-state index contributed by atoms with van der Waals surface area (Å²) in [7, 11) is 0. The molecule has 0 fully saturated rings. The molecule has 2 amide bonds. The Labute approximate surface area is 125 Å². The number of nitrogens with one attached hydrogen (secondary N) is 2. The Kier molecular flexibility index (Phi) is 4.89. The predicted octanol–water partition coefficient (Wildman–Crippen LogP) is 2.40. The maximum Gasteiger partial charge on any atom is 0.319 e. The van der Waals surface area contributed by atoms with Gasteiger partial charge in [0.2, 0.25) is 0 Å². The molecule has 6 nitrogen and oxygen atoms in total. The number of aromatic nitrogens is 1. The molecule has 0 saturated carbocycles. The number of urea groups is 1. The number of carboxylic acids is 1. The van der Waals surface area contributed by atoms with E-state index in [9.17, 15) is 9.59 Å². The van der Waals surface area contributed by atoms with Gasteiger partial charge in [-0.25, -0.2) is 9.78 Å². The first kappa shape index (κ1) is 15.0. The third-order valence-corrected chi connectivity index (χ3v) is 3.57. The maximum absolute atomic E-state index is 11.7. The Balaban J connectivity index is 1.83. The fourth-order valence-corrected chi connectivity index (χ4v) is 2.44. The topological polar surface area (TPSA) is 91.3 Å². The molecule has 1 aromatic heterocycles. The van der Waals surface area contributed by atoms with Crippen LogP contribution in [0.5, 0.6) is 0 Å². The molecule has 1 aromatic carbocycles. The summed E-state index contributed by atoms with van der Waals surface area (Å²) in [6.45, 7) is 2.33. The van der Waals surface area contributed by atoms with E-state index in [0.717, 1.165) is 9.88 Å². The molecule has 0 aliphatic rings. The zero-order chi connectivity index (χ0) is 15.2. The van der Waals surface area contributed by atoms with Crippen LogP contribution in [0, 0.1) is 6.92 Å². The van der Waals surface area contributed by atoms with Gasteiger partial charge in [0.1, 0.15) is 0 Å². The van der Waals surface area contributed by atoms with Crippen LogP contribution in [0.4, 0.5) is 10.5 Å². The molecule has 2 rings (SSSR count). The summed E-state index contributed by atoms with van der Waals surface area (Å²) in [5, 5.41) is 15.1. The molecule has 0 spiro atoms. The van der Waals surface area contributed by atoms with E-state index in [0.29, 0.717) is 17.8 Å². The molecule has 2 aromatic rings. The summed E-state index contributed by atoms with van der Waals surface area (Å²) in [6.07, 6.45) is 1.71. The van der Waals surface area contributed by atoms with Crippen LogP contribution in [0.2, 0.25) is 0 Å². The monoisotopic (exact) mass is 305 g/mol. The van der Waals surface area contributed by atoms with Crippen molar-refractivity contribution >= 4 is 29.0 Å². The van der Waals surface area contributed by atoms with Crippen LogP contribution < -0.4 is 10.6 Å². The summed E-state index contributed by atoms with van der Waals surface area (Å²) in [6, 6.07) is 6.39. The number of hydrogen-bond donors (Lipinski definition) is 3. The Morgan fingerprint density at radius 3 is 2.57 bits per heavy atom. The van der Waals surface area contributed by atoms with E-state index in [1.165, 1.54) is 11.3 Å². The van der Waals surface area contributed by atoms with Crippen molar-refractivity contribution in [3.63, 3.8) is 0 Å². The van der Waals surface area contributed by atoms with Gasteiger partial charge in [0.15, 0.2) is 0 Å². The number of carbonyl (C=O) groups is 2. The van der Waals surface area contributed by atoms with Crippen LogP contribution in [-0.2, 0) is 17.8 Å². The number of thiazole rings is 1. The molecule has 0 saturated heterocycles. The number of rotatable bonds is 5. The number of hydrogen-bond acceptors (Lipinski definition) is 4. The lowest BCUT2D eigenvalue weighted by atomic mass is 10.1. The number of benzene rings is 1. The molecule has 7 heteroatoms. The third kappa shape index (κ3) is 4.88. The largest absolute Gasteiger partial charge is 0.481 e. The summed E-state index contributed by atoms with van der Waals surface area (Å²) < 4.78 is 0. The second kappa shape index (κ2) is 6.85. The van der Waals surface area contributed by atoms with Crippen LogP contribution >= 0.6 is 11.3 Å². The Hall–Kier alpha value is -2.41. The van der Waals surface area contributed by atoms with Crippen LogP contribution in [0.3, 0.4) is 0 Å². The molecular weight excluding hydrogens is 290 g/mol. The first-order valence-corrected chi connectivity index (χ1v) is 7.11. The van der Waals surface area contributed by atoms with Crippen LogP contribution in [0.1, 0.15) is 15.4 Å². The lowest BCUT2D eigenvalue weighted by Gasteiger charge is -2.07. The number of aliphatic carboxylic acids is 1. The van der Waals surface area contributed by atoms with E-state index < -0.39 is 5.97 Å². The number of nitrogens with zero attached hydrogens (tertiary/aromatic N) is 1. The Morgan fingerprint density at radius 1 is 1.29 bits per heavy atom. The van der Waals surface area contributed by atoms with Crippen molar-refractivity contribution in [3.8, 4) is 0 Å². The van der Waals surface area contributed by atoms with Crippen molar-refractivity contribution in [2.45, 2.75) is 19.9 Å². The van der Waals surface area contributed by atoms with Crippen LogP contribution in [0.15, 0.2) is 30.5 Å². The fourth-order valence-electron chi connectivity index (χ4n) is 1.71. The zero-order valence-electron chi connectivity index (χ0n) is 11.4. The molecule has 0 bridgehead atoms. The molecule has 0 aliphatic heterocycles. The van der Waals surface area contributed by atoms with E-state index >= 15 is 0 Å². The van der Waals surface area contributed by atoms with Gasteiger partial charge in [0, 0.05) is 16.8 Å². The van der Waals surface area contributed by atoms with Crippen LogP contribution in [0.25, 0.3) is 0 Å². The van der Waals surface area contributed by atoms with E-state index in [1.54, 1.807) is 30.5 Å². The third-order valence-electron chi connectivity index (χ3n) is 2.66. The van der Waals surface area contributed by atoms with Gasteiger partial charge < -0.3 is 15.7 Å². The SMILES string of the molecule is Cc1ncc(CNC(=O)Nc2ccc(CC(=O)O)cc2)s1. The highest BCUT2D eigenvalue weighted by Crippen LogP contribution is 2.12. The van der Waals surface area contributed by atoms with Gasteiger partial charge in [-0.3, -0.25) is 4.79 Å². The summed E-state index contributed by atoms with van der Waals surface area (Å²) in [5.41, 5.74) is 1.30. The van der Waals surface area contributed by atoms with Crippen molar-refractivity contribution in [1.82, 2.24) is 10.3 Å². The summed E-state index contributed by atoms with van der Waals surface area (Å²) >= 11 is 1.53. The average molecular weight is 305 g/mol. The molecule has 0 unspecified atom stereocenters. The highest BCUT2D eigenvalue weighted by molar-refractivity contribution is 7.11. The minimum Gasteiger partial charge on any atom is -0.481 e. The molecule has 3 N–H and O–H groups in total. The smallest absolute Gasteiger partial charge is 0.319 e. The van der Waals surface area contributed by atoms with E-state index in [-0.39, 0.29) is 12.5 Å². The standard InChI is InChI=1S/C14H15N3O3S/c1-9-15-7-12(21-9)8-16-14(20)17-11-4-2-10(3-5-11)6-13(18)19/h2-5,7H,6,8H2,1H3,(H,18,19)(H2,16,17,20). The van der Waals surface area contributed by atoms with Crippen molar-refractivity contribution < 1.29 is 14.7 Å². The number of aryl methyl sites for hydroxylation is 1. The van der Waals surface area contributed by atoms with Crippen molar-refractivity contribution in [2.75, 3.05) is 5.32 Å². The molecule has 21 heavy (non-hydrogen) atoms. The maximum atomic E-state index is 11.7. The molecule has 110 valence electrons. The van der Waals surface area contributed by atoms with Gasteiger partial charge in [-0.1, -0.05) is 12.1 Å². The van der Waals surface area contributed by atoms with Gasteiger partial charge in [-0.05, 0) is 24.6 Å². The molecule has 0 aliphatic carbocycles. The van der Waals surface area contributed by atoms with Gasteiger partial charge in [0.05, 0.1) is 18.0 Å². The predicted molar refractivity (Wildman–Crippen MR) is 80.5 cm³/mol. The minimum absolute atomic E-state index is 0.0306. The summed E-state index contributed by atoms with van der Waals surface area (Å²) in [4.78, 5) is 27.4. The second-order valence-electron chi connectivity index (χ2n) is 4.42. The lowest BCUT2D eigenvalue weighted by Crippen LogP contribution is -2.27. The molecular formula is C14H15N3O3S. The first-order chi connectivity index (χ1) is 10.0. The number of carbonyl (C=O) groups excluding carboxylic acids is 1. The van der Waals surface area contributed by atoms with Crippen molar-refractivity contribution in [3.05, 3.63) is 45.9 Å². The Morgan fingerprint density at radius 2 is 2.00 bits per heavy atom. The fraction of sp³-hybridized carbons (Fsp3) is 0.214. The average Bonchev–Trinajstić information content (AvgIpc) is 2.84. The van der Waals surface area contributed by atoms with E-state index in [4.69, 9.17) is 5.11 Å². The first-order valence-electron chi connectivity index (χ1n) is 6.30. The normalized spacial score (nSPS) is 10.1. The van der Waals surface area contributed by atoms with E-state index in [1.807, 2.05) is 6.92 Å². The molecule has 0 atom stereocenters. The summed E-state index contributed by atoms with van der Waals surface area (Å²) in [5.74, 6) is -0.881. The quantitative estimate of drug-likeness (QED) is 0.791. The Bertz CT molecular complexity index is 637. The molecule has 1 heterocycles. The highest BCUT2D eigenvalue weighted by Gasteiger charge is 2.04. The second-order valence-corrected chi connectivity index (χ2v) is 5.74. The number of amides is 2. The van der Waals surface area contributed by atoms with Gasteiger partial charge >= 0.3 is 12.0 Å². The van der Waals surface area contributed by atoms with Gasteiger partial charge in [0.25, 0.3) is 0 Å². The van der Waals surface area contributed by atoms with Crippen molar-refractivity contribution in [1.29, 1.82) is 0 Å².